The van der Waals surface area contributed by atoms with Crippen molar-refractivity contribution in [3.63, 3.8) is 0 Å². The van der Waals surface area contributed by atoms with Gasteiger partial charge in [-0.25, -0.2) is 8.42 Å². The summed E-state index contributed by atoms with van der Waals surface area (Å²) in [6, 6.07) is 29.3. The van der Waals surface area contributed by atoms with E-state index in [9.17, 15) is 8.42 Å². The quantitative estimate of drug-likeness (QED) is 0.306. The maximum atomic E-state index is 13.7. The molecule has 0 aromatic heterocycles. The Morgan fingerprint density at radius 1 is 0.516 bits per heavy atom. The highest BCUT2D eigenvalue weighted by atomic mass is 35.5. The first kappa shape index (κ1) is 21.6. The van der Waals surface area contributed by atoms with E-state index in [0.717, 1.165) is 22.3 Å². The molecule has 4 aromatic carbocycles. The molecule has 0 aliphatic heterocycles. The molecule has 0 spiro atoms. The first-order chi connectivity index (χ1) is 14.9. The van der Waals surface area contributed by atoms with E-state index in [1.165, 1.54) is 0 Å². The van der Waals surface area contributed by atoms with Gasteiger partial charge in [-0.15, -0.1) is 0 Å². The fraction of sp³-hybridized carbons (Fsp3) is 0.0769. The lowest BCUT2D eigenvalue weighted by molar-refractivity contribution is 0.594. The van der Waals surface area contributed by atoms with Crippen LogP contribution in [-0.4, -0.2) is 8.42 Å². The van der Waals surface area contributed by atoms with Crippen molar-refractivity contribution in [3.05, 3.63) is 129 Å². The Bertz CT molecular complexity index is 1200. The van der Waals surface area contributed by atoms with Crippen LogP contribution in [0.4, 0.5) is 0 Å². The summed E-state index contributed by atoms with van der Waals surface area (Å²) in [5.74, 6) is 0. The second kappa shape index (κ2) is 9.27. The van der Waals surface area contributed by atoms with E-state index in [4.69, 9.17) is 23.2 Å². The Kier molecular flexibility index (Phi) is 6.47. The minimum Gasteiger partial charge on any atom is -0.218 e. The summed E-state index contributed by atoms with van der Waals surface area (Å²) in [5.41, 5.74) is 3.51. The van der Waals surface area contributed by atoms with Crippen LogP contribution in [0, 0.1) is 0 Å². The van der Waals surface area contributed by atoms with E-state index in [1.54, 1.807) is 24.3 Å². The molecule has 0 atom stereocenters. The van der Waals surface area contributed by atoms with Crippen molar-refractivity contribution in [2.45, 2.75) is 22.6 Å². The van der Waals surface area contributed by atoms with Crippen molar-refractivity contribution in [1.29, 1.82) is 0 Å². The van der Waals surface area contributed by atoms with Crippen LogP contribution in [0.5, 0.6) is 0 Å². The van der Waals surface area contributed by atoms with Crippen LogP contribution in [0.25, 0.3) is 0 Å². The van der Waals surface area contributed by atoms with E-state index in [1.807, 2.05) is 72.8 Å². The lowest BCUT2D eigenvalue weighted by Crippen LogP contribution is -2.09. The van der Waals surface area contributed by atoms with Gasteiger partial charge in [0.1, 0.15) is 0 Å². The Morgan fingerprint density at radius 2 is 0.871 bits per heavy atom. The first-order valence-corrected chi connectivity index (χ1v) is 12.1. The van der Waals surface area contributed by atoms with Gasteiger partial charge in [-0.3, -0.25) is 0 Å². The fourth-order valence-electron chi connectivity index (χ4n) is 3.59. The first-order valence-electron chi connectivity index (χ1n) is 9.83. The van der Waals surface area contributed by atoms with Crippen LogP contribution in [0.2, 0.25) is 10.0 Å². The summed E-state index contributed by atoms with van der Waals surface area (Å²) in [5, 5.41) is 1.31. The molecule has 0 saturated heterocycles. The maximum absolute atomic E-state index is 13.7. The number of rotatable bonds is 6. The largest absolute Gasteiger partial charge is 0.218 e. The third kappa shape index (κ3) is 5.01. The zero-order valence-corrected chi connectivity index (χ0v) is 19.0. The van der Waals surface area contributed by atoms with Gasteiger partial charge in [0.2, 0.25) is 9.84 Å². The standard InChI is InChI=1S/C26H20Cl2O2S/c27-23-13-9-19(10-14-23)17-21-5-1-3-7-25(21)31(29,30)26-8-4-2-6-22(26)18-20-11-15-24(28)16-12-20/h1-16H,17-18H2. The zero-order valence-electron chi connectivity index (χ0n) is 16.6. The molecule has 0 bridgehead atoms. The molecule has 0 unspecified atom stereocenters. The van der Waals surface area contributed by atoms with E-state index in [0.29, 0.717) is 32.7 Å². The number of hydrogen-bond acceptors (Lipinski definition) is 2. The van der Waals surface area contributed by atoms with E-state index < -0.39 is 9.84 Å². The summed E-state index contributed by atoms with van der Waals surface area (Å²) in [6.45, 7) is 0. The second-order valence-electron chi connectivity index (χ2n) is 7.33. The van der Waals surface area contributed by atoms with Gasteiger partial charge in [0.05, 0.1) is 9.79 Å². The number of sulfone groups is 1. The van der Waals surface area contributed by atoms with E-state index in [2.05, 4.69) is 0 Å². The third-order valence-corrected chi connectivity index (χ3v) is 7.60. The highest BCUT2D eigenvalue weighted by Gasteiger charge is 2.24. The Labute approximate surface area is 193 Å². The van der Waals surface area contributed by atoms with Crippen molar-refractivity contribution in [2.75, 3.05) is 0 Å². The van der Waals surface area contributed by atoms with E-state index >= 15 is 0 Å². The van der Waals surface area contributed by atoms with Gasteiger partial charge in [0.25, 0.3) is 0 Å². The van der Waals surface area contributed by atoms with Gasteiger partial charge in [0, 0.05) is 10.0 Å². The van der Waals surface area contributed by atoms with Crippen molar-refractivity contribution in [1.82, 2.24) is 0 Å². The van der Waals surface area contributed by atoms with Crippen molar-refractivity contribution in [2.24, 2.45) is 0 Å². The van der Waals surface area contributed by atoms with Gasteiger partial charge in [0.15, 0.2) is 0 Å². The predicted octanol–water partition coefficient (Wildman–Crippen LogP) is 7.01. The minimum absolute atomic E-state index is 0.327. The smallest absolute Gasteiger partial charge is 0.207 e. The van der Waals surface area contributed by atoms with Crippen LogP contribution in [0.15, 0.2) is 107 Å². The fourth-order valence-corrected chi connectivity index (χ4v) is 5.56. The summed E-state index contributed by atoms with van der Waals surface area (Å²) >= 11 is 12.0. The SMILES string of the molecule is O=S(=O)(c1ccccc1Cc1ccc(Cl)cc1)c1ccccc1Cc1ccc(Cl)cc1. The lowest BCUT2D eigenvalue weighted by atomic mass is 10.1. The molecule has 4 rings (SSSR count). The molecule has 156 valence electrons. The van der Waals surface area contributed by atoms with Gasteiger partial charge < -0.3 is 0 Å². The summed E-state index contributed by atoms with van der Waals surface area (Å²) in [7, 11) is -3.71. The Morgan fingerprint density at radius 3 is 1.26 bits per heavy atom. The number of halogens is 2. The van der Waals surface area contributed by atoms with Crippen molar-refractivity contribution >= 4 is 33.0 Å². The molecule has 0 radical (unpaired) electrons. The molecular formula is C26H20Cl2O2S. The second-order valence-corrected chi connectivity index (χ2v) is 10.1. The summed E-state index contributed by atoms with van der Waals surface area (Å²) < 4.78 is 27.4. The molecule has 5 heteroatoms. The normalized spacial score (nSPS) is 11.4. The summed E-state index contributed by atoms with van der Waals surface area (Å²) in [4.78, 5) is 0.655. The molecule has 0 aliphatic carbocycles. The van der Waals surface area contributed by atoms with E-state index in [-0.39, 0.29) is 0 Å². The zero-order chi connectivity index (χ0) is 21.8. The highest BCUT2D eigenvalue weighted by Crippen LogP contribution is 2.29. The van der Waals surface area contributed by atoms with Gasteiger partial charge in [-0.2, -0.15) is 0 Å². The minimum atomic E-state index is -3.71. The average molecular weight is 467 g/mol. The predicted molar refractivity (Wildman–Crippen MR) is 127 cm³/mol. The van der Waals surface area contributed by atoms with Crippen LogP contribution in [0.3, 0.4) is 0 Å². The molecule has 0 heterocycles. The van der Waals surface area contributed by atoms with Gasteiger partial charge in [-0.1, -0.05) is 83.9 Å². The Hall–Kier alpha value is -2.59. The number of benzene rings is 4. The molecule has 0 aliphatic rings. The van der Waals surface area contributed by atoms with Crippen molar-refractivity contribution < 1.29 is 8.42 Å². The van der Waals surface area contributed by atoms with Crippen LogP contribution < -0.4 is 0 Å². The monoisotopic (exact) mass is 466 g/mol. The molecular weight excluding hydrogens is 447 g/mol. The average Bonchev–Trinajstić information content (AvgIpc) is 2.77. The number of hydrogen-bond donors (Lipinski definition) is 0. The van der Waals surface area contributed by atoms with Gasteiger partial charge >= 0.3 is 0 Å². The lowest BCUT2D eigenvalue weighted by Gasteiger charge is -2.14. The summed E-state index contributed by atoms with van der Waals surface area (Å²) in [6.07, 6.45) is 1.01. The molecule has 4 aromatic rings. The van der Waals surface area contributed by atoms with Crippen LogP contribution in [0.1, 0.15) is 22.3 Å². The van der Waals surface area contributed by atoms with Crippen molar-refractivity contribution in [3.8, 4) is 0 Å². The topological polar surface area (TPSA) is 34.1 Å². The Balaban J connectivity index is 1.73. The molecule has 31 heavy (non-hydrogen) atoms. The molecule has 0 fully saturated rings. The van der Waals surface area contributed by atoms with Crippen LogP contribution >= 0.6 is 23.2 Å². The molecule has 0 amide bonds. The molecule has 0 saturated carbocycles. The molecule has 0 N–H and O–H groups in total. The maximum Gasteiger partial charge on any atom is 0.207 e. The highest BCUT2D eigenvalue weighted by molar-refractivity contribution is 7.91. The molecule has 2 nitrogen and oxygen atoms in total. The van der Waals surface area contributed by atoms with Crippen LogP contribution in [-0.2, 0) is 22.7 Å². The van der Waals surface area contributed by atoms with Gasteiger partial charge in [-0.05, 0) is 71.5 Å². The third-order valence-electron chi connectivity index (χ3n) is 5.14.